The maximum Gasteiger partial charge on any atom is 0.0972 e. The maximum absolute atomic E-state index is 4.90. The summed E-state index contributed by atoms with van der Waals surface area (Å²) < 4.78 is 0. The molecule has 0 saturated carbocycles. The van der Waals surface area contributed by atoms with Crippen LogP contribution in [0.4, 0.5) is 5.69 Å². The molecule has 0 fully saturated rings. The van der Waals surface area contributed by atoms with Crippen molar-refractivity contribution in [3.05, 3.63) is 77.6 Å². The van der Waals surface area contributed by atoms with Crippen molar-refractivity contribution in [1.82, 2.24) is 9.97 Å². The van der Waals surface area contributed by atoms with Gasteiger partial charge in [0.1, 0.15) is 0 Å². The summed E-state index contributed by atoms with van der Waals surface area (Å²) >= 11 is 0. The van der Waals surface area contributed by atoms with E-state index in [2.05, 4.69) is 75.1 Å². The van der Waals surface area contributed by atoms with E-state index in [0.29, 0.717) is 11.8 Å². The summed E-state index contributed by atoms with van der Waals surface area (Å²) in [4.78, 5) is 14.3. The number of fused-ring (bicyclic) bond motifs is 3. The molecule has 4 aromatic rings. The highest BCUT2D eigenvalue weighted by Gasteiger charge is 2.12. The highest BCUT2D eigenvalue weighted by molar-refractivity contribution is 6.03. The fourth-order valence-electron chi connectivity index (χ4n) is 3.60. The third-order valence-corrected chi connectivity index (χ3v) is 5.12. The quantitative estimate of drug-likeness (QED) is 0.294. The molecule has 0 saturated heterocycles. The second kappa shape index (κ2) is 7.51. The van der Waals surface area contributed by atoms with Crippen LogP contribution in [0.3, 0.4) is 0 Å². The summed E-state index contributed by atoms with van der Waals surface area (Å²) in [6.07, 6.45) is 3.70. The normalized spacial score (nSPS) is 12.1. The molecule has 2 heterocycles. The maximum atomic E-state index is 4.90. The molecule has 0 bridgehead atoms. The molecule has 0 atom stereocenters. The first-order valence-corrected chi connectivity index (χ1v) is 9.86. The van der Waals surface area contributed by atoms with E-state index in [1.807, 2.05) is 24.5 Å². The van der Waals surface area contributed by atoms with E-state index in [1.54, 1.807) is 0 Å². The monoisotopic (exact) mass is 367 g/mol. The number of aliphatic imine (C=N–C) groups is 1. The number of rotatable bonds is 4. The Kier molecular flexibility index (Phi) is 4.91. The lowest BCUT2D eigenvalue weighted by atomic mass is 9.93. The van der Waals surface area contributed by atoms with Gasteiger partial charge in [-0.05, 0) is 35.1 Å². The first-order chi connectivity index (χ1) is 13.5. The summed E-state index contributed by atoms with van der Waals surface area (Å²) in [5, 5.41) is 2.19. The molecule has 28 heavy (non-hydrogen) atoms. The van der Waals surface area contributed by atoms with E-state index in [4.69, 9.17) is 9.98 Å². The molecule has 4 rings (SSSR count). The summed E-state index contributed by atoms with van der Waals surface area (Å²) in [6, 6.07) is 18.8. The molecular formula is C25H25N3. The topological polar surface area (TPSA) is 38.1 Å². The van der Waals surface area contributed by atoms with Gasteiger partial charge >= 0.3 is 0 Å². The van der Waals surface area contributed by atoms with Gasteiger partial charge in [0.2, 0.25) is 0 Å². The number of aromatic nitrogens is 2. The Morgan fingerprint density at radius 2 is 1.39 bits per heavy atom. The van der Waals surface area contributed by atoms with Gasteiger partial charge in [0, 0.05) is 17.0 Å². The van der Waals surface area contributed by atoms with Crippen LogP contribution in [0.25, 0.3) is 21.8 Å². The number of pyridine rings is 2. The van der Waals surface area contributed by atoms with Gasteiger partial charge in [0.25, 0.3) is 0 Å². The highest BCUT2D eigenvalue weighted by Crippen LogP contribution is 2.34. The van der Waals surface area contributed by atoms with Crippen LogP contribution in [0.1, 0.15) is 56.4 Å². The Balaban J connectivity index is 1.82. The molecule has 0 radical (unpaired) electrons. The van der Waals surface area contributed by atoms with E-state index in [9.17, 15) is 0 Å². The SMILES string of the molecule is CC(C)c1cccc(C(C)C)c1/N=C/c1ccc2ccc3cccnc3c2n1. The van der Waals surface area contributed by atoms with Crippen molar-refractivity contribution < 1.29 is 0 Å². The Morgan fingerprint density at radius 1 is 0.750 bits per heavy atom. The molecule has 0 N–H and O–H groups in total. The summed E-state index contributed by atoms with van der Waals surface area (Å²) in [7, 11) is 0. The molecule has 3 nitrogen and oxygen atoms in total. The zero-order chi connectivity index (χ0) is 19.7. The second-order valence-corrected chi connectivity index (χ2v) is 7.80. The van der Waals surface area contributed by atoms with Crippen molar-refractivity contribution in [2.45, 2.75) is 39.5 Å². The van der Waals surface area contributed by atoms with E-state index in [-0.39, 0.29) is 0 Å². The number of hydrogen-bond donors (Lipinski definition) is 0. The fraction of sp³-hybridized carbons (Fsp3) is 0.240. The lowest BCUT2D eigenvalue weighted by Crippen LogP contribution is -1.96. The molecular weight excluding hydrogens is 342 g/mol. The van der Waals surface area contributed by atoms with Crippen LogP contribution in [0.5, 0.6) is 0 Å². The van der Waals surface area contributed by atoms with Gasteiger partial charge in [-0.3, -0.25) is 9.98 Å². The van der Waals surface area contributed by atoms with Crippen LogP contribution in [0.15, 0.2) is 65.8 Å². The molecule has 140 valence electrons. The molecule has 2 aromatic carbocycles. The first kappa shape index (κ1) is 18.3. The first-order valence-electron chi connectivity index (χ1n) is 9.86. The average molecular weight is 367 g/mol. The van der Waals surface area contributed by atoms with Crippen molar-refractivity contribution in [3.8, 4) is 0 Å². The smallest absolute Gasteiger partial charge is 0.0972 e. The lowest BCUT2D eigenvalue weighted by molar-refractivity contribution is 0.835. The Hall–Kier alpha value is -3.07. The zero-order valence-electron chi connectivity index (χ0n) is 16.8. The predicted molar refractivity (Wildman–Crippen MR) is 119 cm³/mol. The average Bonchev–Trinajstić information content (AvgIpc) is 2.71. The second-order valence-electron chi connectivity index (χ2n) is 7.80. The summed E-state index contributed by atoms with van der Waals surface area (Å²) in [5.74, 6) is 0.840. The zero-order valence-corrected chi connectivity index (χ0v) is 16.8. The minimum absolute atomic E-state index is 0.420. The van der Waals surface area contributed by atoms with Crippen molar-refractivity contribution in [2.24, 2.45) is 4.99 Å². The van der Waals surface area contributed by atoms with E-state index in [0.717, 1.165) is 33.2 Å². The Morgan fingerprint density at radius 3 is 2.07 bits per heavy atom. The van der Waals surface area contributed by atoms with Gasteiger partial charge in [0.05, 0.1) is 28.6 Å². The fourth-order valence-corrected chi connectivity index (χ4v) is 3.60. The van der Waals surface area contributed by atoms with Gasteiger partial charge in [0.15, 0.2) is 0 Å². The lowest BCUT2D eigenvalue weighted by Gasteiger charge is -2.16. The van der Waals surface area contributed by atoms with Crippen molar-refractivity contribution >= 4 is 33.7 Å². The van der Waals surface area contributed by atoms with Crippen LogP contribution >= 0.6 is 0 Å². The highest BCUT2D eigenvalue weighted by atomic mass is 14.8. The number of hydrogen-bond acceptors (Lipinski definition) is 3. The van der Waals surface area contributed by atoms with Crippen LogP contribution < -0.4 is 0 Å². The standard InChI is InChI=1S/C25H25N3/c1-16(2)21-8-5-9-22(17(3)4)25(21)27-15-20-13-12-19-11-10-18-7-6-14-26-23(18)24(19)28-20/h5-17H,1-4H3/b27-15+. The van der Waals surface area contributed by atoms with Gasteiger partial charge in [-0.1, -0.05) is 70.2 Å². The van der Waals surface area contributed by atoms with E-state index >= 15 is 0 Å². The largest absolute Gasteiger partial charge is 0.254 e. The molecule has 2 aromatic heterocycles. The molecule has 0 spiro atoms. The molecule has 0 unspecified atom stereocenters. The van der Waals surface area contributed by atoms with Crippen molar-refractivity contribution in [1.29, 1.82) is 0 Å². The third kappa shape index (κ3) is 3.40. The van der Waals surface area contributed by atoms with Gasteiger partial charge in [-0.2, -0.15) is 0 Å². The van der Waals surface area contributed by atoms with E-state index < -0.39 is 0 Å². The molecule has 0 amide bonds. The van der Waals surface area contributed by atoms with Crippen molar-refractivity contribution in [3.63, 3.8) is 0 Å². The number of benzene rings is 2. The van der Waals surface area contributed by atoms with Crippen LogP contribution in [0, 0.1) is 0 Å². The van der Waals surface area contributed by atoms with Crippen LogP contribution in [0.2, 0.25) is 0 Å². The minimum Gasteiger partial charge on any atom is -0.254 e. The number of para-hydroxylation sites is 1. The Bertz CT molecular complexity index is 1150. The molecule has 0 aliphatic rings. The van der Waals surface area contributed by atoms with Gasteiger partial charge < -0.3 is 0 Å². The van der Waals surface area contributed by atoms with E-state index in [1.165, 1.54) is 11.1 Å². The van der Waals surface area contributed by atoms with Gasteiger partial charge in [-0.15, -0.1) is 0 Å². The third-order valence-electron chi connectivity index (χ3n) is 5.12. The molecule has 0 aliphatic heterocycles. The van der Waals surface area contributed by atoms with Crippen molar-refractivity contribution in [2.75, 3.05) is 0 Å². The summed E-state index contributed by atoms with van der Waals surface area (Å²) in [5.41, 5.74) is 6.32. The number of nitrogens with zero attached hydrogens (tertiary/aromatic N) is 3. The summed E-state index contributed by atoms with van der Waals surface area (Å²) in [6.45, 7) is 8.85. The Labute approximate surface area is 166 Å². The molecule has 0 aliphatic carbocycles. The minimum atomic E-state index is 0.420. The predicted octanol–water partition coefficient (Wildman–Crippen LogP) is 6.78. The van der Waals surface area contributed by atoms with Gasteiger partial charge in [-0.25, -0.2) is 4.98 Å². The van der Waals surface area contributed by atoms with Crippen LogP contribution in [-0.2, 0) is 0 Å². The van der Waals surface area contributed by atoms with Crippen LogP contribution in [-0.4, -0.2) is 16.2 Å². The molecule has 3 heteroatoms.